The van der Waals surface area contributed by atoms with Gasteiger partial charge in [0.1, 0.15) is 6.10 Å². The van der Waals surface area contributed by atoms with E-state index in [1.54, 1.807) is 7.11 Å². The van der Waals surface area contributed by atoms with E-state index in [4.69, 9.17) is 9.47 Å². The molecule has 1 heterocycles. The molecule has 0 N–H and O–H groups in total. The van der Waals surface area contributed by atoms with Crippen LogP contribution in [0.4, 0.5) is 0 Å². The summed E-state index contributed by atoms with van der Waals surface area (Å²) in [7, 11) is -1.69. The van der Waals surface area contributed by atoms with Crippen molar-refractivity contribution in [3.8, 4) is 0 Å². The molecule has 0 radical (unpaired) electrons. The van der Waals surface area contributed by atoms with E-state index in [2.05, 4.69) is 0 Å². The van der Waals surface area contributed by atoms with Gasteiger partial charge in [0, 0.05) is 13.7 Å². The van der Waals surface area contributed by atoms with E-state index in [0.717, 1.165) is 5.56 Å². The maximum atomic E-state index is 11.9. The molecule has 1 fully saturated rings. The predicted molar refractivity (Wildman–Crippen MR) is 72.3 cm³/mol. The van der Waals surface area contributed by atoms with E-state index < -0.39 is 10.0 Å². The third-order valence-corrected chi connectivity index (χ3v) is 4.47. The van der Waals surface area contributed by atoms with Crippen LogP contribution in [-0.2, 0) is 19.5 Å². The van der Waals surface area contributed by atoms with E-state index in [9.17, 15) is 8.42 Å². The SMILES string of the molecule is COC[C@@H]1OCCN(S(C)(=O)=O)[C@H]1c1ccccc1. The van der Waals surface area contributed by atoms with E-state index in [-0.39, 0.29) is 12.1 Å². The predicted octanol–water partition coefficient (Wildman–Crippen LogP) is 1.03. The van der Waals surface area contributed by atoms with Crippen LogP contribution in [0.25, 0.3) is 0 Å². The van der Waals surface area contributed by atoms with Gasteiger partial charge in [-0.25, -0.2) is 8.42 Å². The Morgan fingerprint density at radius 3 is 2.63 bits per heavy atom. The Bertz CT molecular complexity index is 501. The minimum Gasteiger partial charge on any atom is -0.382 e. The van der Waals surface area contributed by atoms with Crippen molar-refractivity contribution in [1.29, 1.82) is 0 Å². The highest BCUT2D eigenvalue weighted by molar-refractivity contribution is 7.88. The molecule has 0 saturated carbocycles. The molecule has 0 amide bonds. The monoisotopic (exact) mass is 285 g/mol. The third kappa shape index (κ3) is 3.33. The maximum Gasteiger partial charge on any atom is 0.211 e. The average Bonchev–Trinajstić information content (AvgIpc) is 2.39. The summed E-state index contributed by atoms with van der Waals surface area (Å²) < 4.78 is 36.2. The van der Waals surface area contributed by atoms with Crippen LogP contribution in [0.3, 0.4) is 0 Å². The Morgan fingerprint density at radius 2 is 2.05 bits per heavy atom. The molecule has 1 aromatic rings. The fourth-order valence-corrected chi connectivity index (χ4v) is 3.49. The van der Waals surface area contributed by atoms with Crippen LogP contribution in [0.1, 0.15) is 11.6 Å². The molecule has 1 aliphatic heterocycles. The highest BCUT2D eigenvalue weighted by Crippen LogP contribution is 2.31. The Balaban J connectivity index is 2.38. The van der Waals surface area contributed by atoms with Crippen LogP contribution in [-0.4, -0.2) is 52.0 Å². The van der Waals surface area contributed by atoms with E-state index in [1.807, 2.05) is 30.3 Å². The summed E-state index contributed by atoms with van der Waals surface area (Å²) in [5.41, 5.74) is 0.926. The van der Waals surface area contributed by atoms with E-state index in [1.165, 1.54) is 10.6 Å². The van der Waals surface area contributed by atoms with Gasteiger partial charge in [0.15, 0.2) is 0 Å². The van der Waals surface area contributed by atoms with Gasteiger partial charge in [-0.2, -0.15) is 4.31 Å². The quantitative estimate of drug-likeness (QED) is 0.829. The van der Waals surface area contributed by atoms with Crippen LogP contribution >= 0.6 is 0 Å². The van der Waals surface area contributed by atoms with Crippen molar-refractivity contribution in [3.05, 3.63) is 35.9 Å². The van der Waals surface area contributed by atoms with Crippen LogP contribution in [0.5, 0.6) is 0 Å². The molecular formula is C13H19NO4S. The third-order valence-electron chi connectivity index (χ3n) is 3.20. The van der Waals surface area contributed by atoms with Crippen molar-refractivity contribution in [3.63, 3.8) is 0 Å². The lowest BCUT2D eigenvalue weighted by molar-refractivity contribution is -0.0743. The van der Waals surface area contributed by atoms with Gasteiger partial charge in [-0.15, -0.1) is 0 Å². The second-order valence-corrected chi connectivity index (χ2v) is 6.53. The Hall–Kier alpha value is -0.950. The van der Waals surface area contributed by atoms with Crippen molar-refractivity contribution >= 4 is 10.0 Å². The zero-order valence-electron chi connectivity index (χ0n) is 11.2. The van der Waals surface area contributed by atoms with Crippen molar-refractivity contribution in [2.45, 2.75) is 12.1 Å². The summed E-state index contributed by atoms with van der Waals surface area (Å²) >= 11 is 0. The van der Waals surface area contributed by atoms with Crippen LogP contribution < -0.4 is 0 Å². The second-order valence-electron chi connectivity index (χ2n) is 4.59. The largest absolute Gasteiger partial charge is 0.382 e. The Morgan fingerprint density at radius 1 is 1.37 bits per heavy atom. The molecule has 6 heteroatoms. The minimum absolute atomic E-state index is 0.282. The molecule has 1 saturated heterocycles. The molecule has 0 aromatic heterocycles. The van der Waals surface area contributed by atoms with Crippen LogP contribution in [0.2, 0.25) is 0 Å². The smallest absolute Gasteiger partial charge is 0.211 e. The summed E-state index contributed by atoms with van der Waals surface area (Å²) in [6.07, 6.45) is 0.953. The number of hydrogen-bond acceptors (Lipinski definition) is 4. The molecule has 0 bridgehead atoms. The van der Waals surface area contributed by atoms with Crippen LogP contribution in [0.15, 0.2) is 30.3 Å². The van der Waals surface area contributed by atoms with Gasteiger partial charge in [-0.3, -0.25) is 0 Å². The summed E-state index contributed by atoms with van der Waals surface area (Å²) in [6, 6.07) is 9.21. The van der Waals surface area contributed by atoms with Crippen molar-refractivity contribution < 1.29 is 17.9 Å². The lowest BCUT2D eigenvalue weighted by Crippen LogP contribution is -2.49. The van der Waals surface area contributed by atoms with Crippen molar-refractivity contribution in [2.24, 2.45) is 0 Å². The summed E-state index contributed by atoms with van der Waals surface area (Å²) in [6.45, 7) is 1.13. The van der Waals surface area contributed by atoms with Gasteiger partial charge in [-0.1, -0.05) is 30.3 Å². The molecule has 19 heavy (non-hydrogen) atoms. The number of benzene rings is 1. The minimum atomic E-state index is -3.28. The van der Waals surface area contributed by atoms with E-state index in [0.29, 0.717) is 19.8 Å². The topological polar surface area (TPSA) is 55.8 Å². The first-order valence-electron chi connectivity index (χ1n) is 6.16. The maximum absolute atomic E-state index is 11.9. The van der Waals surface area contributed by atoms with Gasteiger partial charge >= 0.3 is 0 Å². The van der Waals surface area contributed by atoms with Crippen LogP contribution in [0, 0.1) is 0 Å². The second kappa shape index (κ2) is 6.00. The molecular weight excluding hydrogens is 266 g/mol. The number of rotatable bonds is 4. The fourth-order valence-electron chi connectivity index (χ4n) is 2.42. The molecule has 2 rings (SSSR count). The number of nitrogens with zero attached hydrogens (tertiary/aromatic N) is 1. The summed E-state index contributed by atoms with van der Waals surface area (Å²) in [5.74, 6) is 0. The molecule has 0 aliphatic carbocycles. The normalized spacial score (nSPS) is 25.4. The van der Waals surface area contributed by atoms with Gasteiger partial charge < -0.3 is 9.47 Å². The number of hydrogen-bond donors (Lipinski definition) is 0. The Kier molecular flexibility index (Phi) is 4.57. The molecule has 0 unspecified atom stereocenters. The first kappa shape index (κ1) is 14.5. The number of methoxy groups -OCH3 is 1. The van der Waals surface area contributed by atoms with Gasteiger partial charge in [-0.05, 0) is 5.56 Å². The molecule has 1 aliphatic rings. The first-order valence-corrected chi connectivity index (χ1v) is 8.01. The zero-order valence-corrected chi connectivity index (χ0v) is 12.0. The lowest BCUT2D eigenvalue weighted by atomic mass is 10.0. The highest BCUT2D eigenvalue weighted by Gasteiger charge is 2.38. The number of sulfonamides is 1. The standard InChI is InChI=1S/C13H19NO4S/c1-17-10-12-13(11-6-4-3-5-7-11)14(8-9-18-12)19(2,15)16/h3-7,12-13H,8-10H2,1-2H3/t12-,13-/m0/s1. The zero-order chi connectivity index (χ0) is 13.9. The summed E-state index contributed by atoms with van der Waals surface area (Å²) in [4.78, 5) is 0. The van der Waals surface area contributed by atoms with Crippen molar-refractivity contribution in [1.82, 2.24) is 4.31 Å². The summed E-state index contributed by atoms with van der Waals surface area (Å²) in [5, 5.41) is 0. The first-order chi connectivity index (χ1) is 9.04. The molecule has 5 nitrogen and oxygen atoms in total. The van der Waals surface area contributed by atoms with Gasteiger partial charge in [0.25, 0.3) is 0 Å². The number of morpholine rings is 1. The fraction of sp³-hybridized carbons (Fsp3) is 0.538. The Labute approximate surface area is 114 Å². The molecule has 106 valence electrons. The van der Waals surface area contributed by atoms with Gasteiger partial charge in [0.05, 0.1) is 25.5 Å². The van der Waals surface area contributed by atoms with E-state index >= 15 is 0 Å². The highest BCUT2D eigenvalue weighted by atomic mass is 32.2. The van der Waals surface area contributed by atoms with Crippen molar-refractivity contribution in [2.75, 3.05) is 33.1 Å². The molecule has 0 spiro atoms. The number of ether oxygens (including phenoxy) is 2. The van der Waals surface area contributed by atoms with Gasteiger partial charge in [0.2, 0.25) is 10.0 Å². The lowest BCUT2D eigenvalue weighted by Gasteiger charge is -2.39. The molecule has 1 aromatic carbocycles. The molecule has 2 atom stereocenters. The average molecular weight is 285 g/mol.